The smallest absolute Gasteiger partial charge is 0.309 e. The summed E-state index contributed by atoms with van der Waals surface area (Å²) in [6.07, 6.45) is 0. The van der Waals surface area contributed by atoms with E-state index < -0.39 is 21.7 Å². The number of likely N-dealkylation sites (N-methyl/N-ethyl adjacent to an activating group) is 1. The molecule has 0 radical (unpaired) electrons. The molecule has 0 aliphatic rings. The number of carbonyl (C=O) groups excluding carboxylic acids is 2. The summed E-state index contributed by atoms with van der Waals surface area (Å²) in [6.45, 7) is 1.87. The molecule has 1 rings (SSSR count). The van der Waals surface area contributed by atoms with Crippen molar-refractivity contribution in [1.82, 2.24) is 10.6 Å². The van der Waals surface area contributed by atoms with Crippen molar-refractivity contribution in [2.75, 3.05) is 18.8 Å². The molecule has 0 bridgehead atoms. The predicted octanol–water partition coefficient (Wildman–Crippen LogP) is 0.366. The third-order valence-corrected chi connectivity index (χ3v) is 4.36. The lowest BCUT2D eigenvalue weighted by atomic mass is 10.4. The standard InChI is InChI=1S/C12H15ClN2O4S/c1-2-14-11(16)12(17)15-7-8-20(18,19)10-5-3-9(13)4-6-10/h3-6H,2,7-8H2,1H3,(H,14,16)(H,15,17). The van der Waals surface area contributed by atoms with Crippen LogP contribution in [0.4, 0.5) is 0 Å². The van der Waals surface area contributed by atoms with Crippen LogP contribution >= 0.6 is 11.6 Å². The first kappa shape index (κ1) is 16.5. The second-order valence-electron chi connectivity index (χ2n) is 3.89. The van der Waals surface area contributed by atoms with Crippen LogP contribution in [0, 0.1) is 0 Å². The molecule has 2 N–H and O–H groups in total. The minimum absolute atomic E-state index is 0.120. The van der Waals surface area contributed by atoms with E-state index in [0.717, 1.165) is 0 Å². The molecule has 0 fully saturated rings. The molecule has 110 valence electrons. The Hall–Kier alpha value is -1.60. The lowest BCUT2D eigenvalue weighted by molar-refractivity contribution is -0.139. The van der Waals surface area contributed by atoms with Crippen LogP contribution in [-0.4, -0.2) is 39.1 Å². The number of benzene rings is 1. The Labute approximate surface area is 122 Å². The van der Waals surface area contributed by atoms with E-state index in [1.165, 1.54) is 24.3 Å². The van der Waals surface area contributed by atoms with Crippen LogP contribution in [0.1, 0.15) is 6.92 Å². The van der Waals surface area contributed by atoms with E-state index in [4.69, 9.17) is 11.6 Å². The molecule has 0 saturated heterocycles. The van der Waals surface area contributed by atoms with Crippen LogP contribution in [0.3, 0.4) is 0 Å². The second-order valence-corrected chi connectivity index (χ2v) is 6.43. The number of carbonyl (C=O) groups is 2. The van der Waals surface area contributed by atoms with Crippen LogP contribution in [0.25, 0.3) is 0 Å². The summed E-state index contributed by atoms with van der Waals surface area (Å²) in [6, 6.07) is 5.73. The second kappa shape index (κ2) is 7.25. The molecule has 2 amide bonds. The van der Waals surface area contributed by atoms with E-state index in [2.05, 4.69) is 10.6 Å². The Kier molecular flexibility index (Phi) is 5.97. The van der Waals surface area contributed by atoms with Gasteiger partial charge in [-0.25, -0.2) is 8.42 Å². The van der Waals surface area contributed by atoms with Gasteiger partial charge in [0.1, 0.15) is 0 Å². The van der Waals surface area contributed by atoms with Gasteiger partial charge in [-0.1, -0.05) is 11.6 Å². The molecule has 1 aromatic rings. The lowest BCUT2D eigenvalue weighted by Crippen LogP contribution is -2.41. The number of hydrogen-bond donors (Lipinski definition) is 2. The Morgan fingerprint density at radius 3 is 2.20 bits per heavy atom. The van der Waals surface area contributed by atoms with Crippen molar-refractivity contribution < 1.29 is 18.0 Å². The zero-order valence-corrected chi connectivity index (χ0v) is 12.4. The van der Waals surface area contributed by atoms with E-state index >= 15 is 0 Å². The van der Waals surface area contributed by atoms with Gasteiger partial charge in [-0.2, -0.15) is 0 Å². The van der Waals surface area contributed by atoms with Crippen LogP contribution in [0.2, 0.25) is 5.02 Å². The maximum atomic E-state index is 11.9. The summed E-state index contributed by atoms with van der Waals surface area (Å²) in [5.74, 6) is -1.92. The van der Waals surface area contributed by atoms with Gasteiger partial charge in [0.2, 0.25) is 0 Å². The molecule has 0 aliphatic heterocycles. The van der Waals surface area contributed by atoms with Crippen LogP contribution in [-0.2, 0) is 19.4 Å². The highest BCUT2D eigenvalue weighted by molar-refractivity contribution is 7.91. The van der Waals surface area contributed by atoms with Gasteiger partial charge in [-0.3, -0.25) is 9.59 Å². The first-order chi connectivity index (χ1) is 9.36. The fourth-order valence-electron chi connectivity index (χ4n) is 1.38. The van der Waals surface area contributed by atoms with Crippen molar-refractivity contribution in [2.45, 2.75) is 11.8 Å². The van der Waals surface area contributed by atoms with E-state index in [1.807, 2.05) is 0 Å². The van der Waals surface area contributed by atoms with Gasteiger partial charge < -0.3 is 10.6 Å². The summed E-state index contributed by atoms with van der Waals surface area (Å²) in [5.41, 5.74) is 0. The maximum absolute atomic E-state index is 11.9. The van der Waals surface area contributed by atoms with Crippen molar-refractivity contribution in [3.63, 3.8) is 0 Å². The summed E-state index contributed by atoms with van der Waals surface area (Å²) >= 11 is 5.68. The van der Waals surface area contributed by atoms with Gasteiger partial charge in [0.15, 0.2) is 9.84 Å². The molecule has 8 heteroatoms. The molecule has 0 saturated carbocycles. The van der Waals surface area contributed by atoms with E-state index in [-0.39, 0.29) is 17.2 Å². The fourth-order valence-corrected chi connectivity index (χ4v) is 2.66. The molecule has 0 atom stereocenters. The molecular weight excluding hydrogens is 304 g/mol. The quantitative estimate of drug-likeness (QED) is 0.767. The van der Waals surface area contributed by atoms with Crippen LogP contribution in [0.5, 0.6) is 0 Å². The average Bonchev–Trinajstić information content (AvgIpc) is 2.39. The highest BCUT2D eigenvalue weighted by Crippen LogP contribution is 2.14. The van der Waals surface area contributed by atoms with Crippen LogP contribution in [0.15, 0.2) is 29.2 Å². The molecule has 0 spiro atoms. The van der Waals surface area contributed by atoms with E-state index in [9.17, 15) is 18.0 Å². The summed E-state index contributed by atoms with van der Waals surface area (Å²) in [4.78, 5) is 22.5. The molecular formula is C12H15ClN2O4S. The third kappa shape index (κ3) is 4.82. The van der Waals surface area contributed by atoms with Crippen molar-refractivity contribution in [1.29, 1.82) is 0 Å². The highest BCUT2D eigenvalue weighted by Gasteiger charge is 2.16. The van der Waals surface area contributed by atoms with Crippen molar-refractivity contribution in [3.8, 4) is 0 Å². The number of nitrogens with one attached hydrogen (secondary N) is 2. The van der Waals surface area contributed by atoms with Gasteiger partial charge in [-0.15, -0.1) is 0 Å². The normalized spacial score (nSPS) is 10.9. The SMILES string of the molecule is CCNC(=O)C(=O)NCCS(=O)(=O)c1ccc(Cl)cc1. The molecule has 1 aromatic carbocycles. The van der Waals surface area contributed by atoms with E-state index in [1.54, 1.807) is 6.92 Å². The maximum Gasteiger partial charge on any atom is 0.309 e. The highest BCUT2D eigenvalue weighted by atomic mass is 35.5. The number of hydrogen-bond acceptors (Lipinski definition) is 4. The third-order valence-electron chi connectivity index (χ3n) is 2.37. The molecule has 0 unspecified atom stereocenters. The largest absolute Gasteiger partial charge is 0.348 e. The van der Waals surface area contributed by atoms with Crippen molar-refractivity contribution in [2.24, 2.45) is 0 Å². The van der Waals surface area contributed by atoms with Gasteiger partial charge in [0.25, 0.3) is 0 Å². The van der Waals surface area contributed by atoms with Crippen molar-refractivity contribution in [3.05, 3.63) is 29.3 Å². The first-order valence-corrected chi connectivity index (χ1v) is 7.94. The monoisotopic (exact) mass is 318 g/mol. The number of rotatable bonds is 5. The minimum Gasteiger partial charge on any atom is -0.348 e. The number of halogens is 1. The average molecular weight is 319 g/mol. The Balaban J connectivity index is 2.54. The molecule has 0 aliphatic carbocycles. The Morgan fingerprint density at radius 2 is 1.65 bits per heavy atom. The number of sulfone groups is 1. The zero-order chi connectivity index (χ0) is 15.2. The van der Waals surface area contributed by atoms with Crippen LogP contribution < -0.4 is 10.6 Å². The number of amides is 2. The first-order valence-electron chi connectivity index (χ1n) is 5.91. The summed E-state index contributed by atoms with van der Waals surface area (Å²) in [7, 11) is -3.52. The Bertz CT molecular complexity index is 584. The lowest BCUT2D eigenvalue weighted by Gasteiger charge is -2.06. The molecule has 0 aromatic heterocycles. The minimum atomic E-state index is -3.52. The van der Waals surface area contributed by atoms with Gasteiger partial charge in [0, 0.05) is 18.1 Å². The van der Waals surface area contributed by atoms with Crippen molar-refractivity contribution >= 4 is 33.3 Å². The van der Waals surface area contributed by atoms with Gasteiger partial charge >= 0.3 is 11.8 Å². The summed E-state index contributed by atoms with van der Waals surface area (Å²) in [5, 5.41) is 5.00. The zero-order valence-electron chi connectivity index (χ0n) is 10.8. The predicted molar refractivity (Wildman–Crippen MR) is 75.2 cm³/mol. The summed E-state index contributed by atoms with van der Waals surface area (Å²) < 4.78 is 23.9. The van der Waals surface area contributed by atoms with Gasteiger partial charge in [-0.05, 0) is 31.2 Å². The molecule has 0 heterocycles. The fraction of sp³-hybridized carbons (Fsp3) is 0.333. The molecule has 20 heavy (non-hydrogen) atoms. The van der Waals surface area contributed by atoms with E-state index in [0.29, 0.717) is 11.6 Å². The van der Waals surface area contributed by atoms with Gasteiger partial charge in [0.05, 0.1) is 10.6 Å². The molecule has 6 nitrogen and oxygen atoms in total. The Morgan fingerprint density at radius 1 is 1.10 bits per heavy atom. The topological polar surface area (TPSA) is 92.3 Å².